The largest absolute Gasteiger partial charge is 0.382 e. The summed E-state index contributed by atoms with van der Waals surface area (Å²) in [5.74, 6) is 0.00808. The Morgan fingerprint density at radius 1 is 1.00 bits per heavy atom. The van der Waals surface area contributed by atoms with Crippen LogP contribution in [0.2, 0.25) is 5.02 Å². The van der Waals surface area contributed by atoms with Crippen LogP contribution in [-0.4, -0.2) is 37.1 Å². The third-order valence-corrected chi connectivity index (χ3v) is 6.01. The van der Waals surface area contributed by atoms with Crippen LogP contribution in [0, 0.1) is 0 Å². The molecule has 0 bridgehead atoms. The molecule has 0 radical (unpaired) electrons. The number of fused-ring (bicyclic) bond motifs is 1. The molecule has 0 aliphatic heterocycles. The average molecular weight is 423 g/mol. The minimum absolute atomic E-state index is 0.00808. The van der Waals surface area contributed by atoms with Gasteiger partial charge in [-0.1, -0.05) is 11.6 Å². The first-order chi connectivity index (χ1) is 14.5. The minimum Gasteiger partial charge on any atom is -0.382 e. The van der Waals surface area contributed by atoms with Gasteiger partial charge in [-0.15, -0.1) is 0 Å². The molecule has 2 N–H and O–H groups in total. The Labute approximate surface area is 182 Å². The SMILES string of the molecule is CN(C)c1ccc(C(=O)N[C@H]2CC[C@@H](Nc3ccnc4cc(Cl)ccc34)CC2)cc1. The van der Waals surface area contributed by atoms with Crippen molar-refractivity contribution in [2.24, 2.45) is 0 Å². The molecule has 0 saturated heterocycles. The normalized spacial score (nSPS) is 18.8. The van der Waals surface area contributed by atoms with Gasteiger partial charge < -0.3 is 15.5 Å². The van der Waals surface area contributed by atoms with E-state index < -0.39 is 0 Å². The third-order valence-electron chi connectivity index (χ3n) is 5.77. The standard InChI is InChI=1S/C24H27ClN4O/c1-29(2)20-10-3-16(4-11-20)24(30)28-19-8-6-18(7-9-19)27-22-13-14-26-23-15-17(25)5-12-21(22)23/h3-5,10-15,18-19H,6-9H2,1-2H3,(H,26,27)(H,28,30)/t18-,19+. The molecule has 0 atom stereocenters. The molecule has 0 unspecified atom stereocenters. The lowest BCUT2D eigenvalue weighted by Crippen LogP contribution is -2.40. The number of pyridine rings is 1. The number of amides is 1. The van der Waals surface area contributed by atoms with Crippen molar-refractivity contribution in [2.45, 2.75) is 37.8 Å². The highest BCUT2D eigenvalue weighted by atomic mass is 35.5. The van der Waals surface area contributed by atoms with E-state index >= 15 is 0 Å². The summed E-state index contributed by atoms with van der Waals surface area (Å²) >= 11 is 6.09. The molecule has 1 aromatic heterocycles. The Hall–Kier alpha value is -2.79. The zero-order valence-electron chi connectivity index (χ0n) is 17.4. The van der Waals surface area contributed by atoms with Crippen molar-refractivity contribution in [1.82, 2.24) is 10.3 Å². The molecule has 1 aliphatic carbocycles. The monoisotopic (exact) mass is 422 g/mol. The Morgan fingerprint density at radius 3 is 2.40 bits per heavy atom. The summed E-state index contributed by atoms with van der Waals surface area (Å²) in [7, 11) is 3.98. The lowest BCUT2D eigenvalue weighted by molar-refractivity contribution is 0.0926. The molecular formula is C24H27ClN4O. The van der Waals surface area contributed by atoms with Crippen molar-refractivity contribution in [2.75, 3.05) is 24.3 Å². The van der Waals surface area contributed by atoms with Crippen molar-refractivity contribution in [1.29, 1.82) is 0 Å². The summed E-state index contributed by atoms with van der Waals surface area (Å²) in [6.07, 6.45) is 5.78. The maximum absolute atomic E-state index is 12.6. The minimum atomic E-state index is 0.00808. The maximum atomic E-state index is 12.6. The van der Waals surface area contributed by atoms with Crippen LogP contribution in [0.4, 0.5) is 11.4 Å². The Morgan fingerprint density at radius 2 is 1.70 bits per heavy atom. The van der Waals surface area contributed by atoms with E-state index in [1.54, 1.807) is 0 Å². The number of anilines is 2. The van der Waals surface area contributed by atoms with E-state index in [1.165, 1.54) is 0 Å². The number of carbonyl (C=O) groups is 1. The summed E-state index contributed by atoms with van der Waals surface area (Å²) in [6, 6.07) is 16.1. The number of carbonyl (C=O) groups excluding carboxylic acids is 1. The summed E-state index contributed by atoms with van der Waals surface area (Å²) < 4.78 is 0. The number of halogens is 1. The first-order valence-electron chi connectivity index (χ1n) is 10.4. The van der Waals surface area contributed by atoms with Gasteiger partial charge in [0.25, 0.3) is 5.91 Å². The van der Waals surface area contributed by atoms with Crippen molar-refractivity contribution < 1.29 is 4.79 Å². The van der Waals surface area contributed by atoms with Crippen LogP contribution < -0.4 is 15.5 Å². The molecule has 6 heteroatoms. The number of nitrogens with zero attached hydrogens (tertiary/aromatic N) is 2. The van der Waals surface area contributed by atoms with Gasteiger partial charge in [-0.25, -0.2) is 0 Å². The Kier molecular flexibility index (Phi) is 6.09. The van der Waals surface area contributed by atoms with Gasteiger partial charge >= 0.3 is 0 Å². The van der Waals surface area contributed by atoms with E-state index in [0.29, 0.717) is 16.6 Å². The van der Waals surface area contributed by atoms with Gasteiger partial charge in [0.2, 0.25) is 0 Å². The molecule has 4 rings (SSSR count). The van der Waals surface area contributed by atoms with Crippen LogP contribution in [0.5, 0.6) is 0 Å². The third kappa shape index (κ3) is 4.68. The van der Waals surface area contributed by atoms with Gasteiger partial charge in [0.05, 0.1) is 5.52 Å². The van der Waals surface area contributed by atoms with Crippen molar-refractivity contribution in [3.05, 3.63) is 65.3 Å². The quantitative estimate of drug-likeness (QED) is 0.600. The van der Waals surface area contributed by atoms with E-state index in [4.69, 9.17) is 11.6 Å². The summed E-state index contributed by atoms with van der Waals surface area (Å²) in [5.41, 5.74) is 3.78. The van der Waals surface area contributed by atoms with Crippen molar-refractivity contribution in [3.8, 4) is 0 Å². The highest BCUT2D eigenvalue weighted by molar-refractivity contribution is 6.31. The number of rotatable bonds is 5. The molecule has 30 heavy (non-hydrogen) atoms. The molecule has 1 heterocycles. The molecule has 156 valence electrons. The first kappa shape index (κ1) is 20.5. The van der Waals surface area contributed by atoms with Crippen LogP contribution >= 0.6 is 11.6 Å². The van der Waals surface area contributed by atoms with Crippen LogP contribution in [0.3, 0.4) is 0 Å². The molecule has 1 amide bonds. The van der Waals surface area contributed by atoms with E-state index in [-0.39, 0.29) is 11.9 Å². The highest BCUT2D eigenvalue weighted by Gasteiger charge is 2.23. The molecule has 1 saturated carbocycles. The predicted octanol–water partition coefficient (Wildman–Crippen LogP) is 5.11. The summed E-state index contributed by atoms with van der Waals surface area (Å²) in [4.78, 5) is 19.0. The number of benzene rings is 2. The van der Waals surface area contributed by atoms with Crippen molar-refractivity contribution >= 4 is 39.8 Å². The second-order valence-electron chi connectivity index (χ2n) is 8.13. The molecule has 2 aromatic carbocycles. The van der Waals surface area contributed by atoms with Crippen LogP contribution in [-0.2, 0) is 0 Å². The Balaban J connectivity index is 1.32. The fourth-order valence-corrected chi connectivity index (χ4v) is 4.20. The van der Waals surface area contributed by atoms with Gasteiger partial charge in [-0.2, -0.15) is 0 Å². The van der Waals surface area contributed by atoms with Crippen LogP contribution in [0.15, 0.2) is 54.7 Å². The lowest BCUT2D eigenvalue weighted by Gasteiger charge is -2.30. The van der Waals surface area contributed by atoms with Gasteiger partial charge in [0, 0.05) is 59.7 Å². The van der Waals surface area contributed by atoms with Gasteiger partial charge in [0.15, 0.2) is 0 Å². The van der Waals surface area contributed by atoms with E-state index in [1.807, 2.05) is 73.7 Å². The fourth-order valence-electron chi connectivity index (χ4n) is 4.03. The number of aromatic nitrogens is 1. The van der Waals surface area contributed by atoms with Gasteiger partial charge in [0.1, 0.15) is 0 Å². The fraction of sp³-hybridized carbons (Fsp3) is 0.333. The molecule has 3 aromatic rings. The van der Waals surface area contributed by atoms with E-state index in [2.05, 4.69) is 15.6 Å². The number of hydrogen-bond acceptors (Lipinski definition) is 4. The van der Waals surface area contributed by atoms with Gasteiger partial charge in [-0.3, -0.25) is 9.78 Å². The molecule has 1 fully saturated rings. The number of hydrogen-bond donors (Lipinski definition) is 2. The Bertz CT molecular complexity index is 1030. The maximum Gasteiger partial charge on any atom is 0.251 e. The molecule has 5 nitrogen and oxygen atoms in total. The smallest absolute Gasteiger partial charge is 0.251 e. The van der Waals surface area contributed by atoms with E-state index in [9.17, 15) is 4.79 Å². The zero-order valence-corrected chi connectivity index (χ0v) is 18.1. The molecule has 1 aliphatic rings. The first-order valence-corrected chi connectivity index (χ1v) is 10.8. The van der Waals surface area contributed by atoms with E-state index in [0.717, 1.165) is 48.0 Å². The lowest BCUT2D eigenvalue weighted by atomic mass is 9.90. The number of nitrogens with one attached hydrogen (secondary N) is 2. The van der Waals surface area contributed by atoms with Crippen molar-refractivity contribution in [3.63, 3.8) is 0 Å². The summed E-state index contributed by atoms with van der Waals surface area (Å²) in [6.45, 7) is 0. The average Bonchev–Trinajstić information content (AvgIpc) is 2.75. The molecule has 0 spiro atoms. The van der Waals surface area contributed by atoms with Crippen LogP contribution in [0.25, 0.3) is 10.9 Å². The topological polar surface area (TPSA) is 57.3 Å². The molecular weight excluding hydrogens is 396 g/mol. The second-order valence-corrected chi connectivity index (χ2v) is 8.56. The highest BCUT2D eigenvalue weighted by Crippen LogP contribution is 2.28. The van der Waals surface area contributed by atoms with Gasteiger partial charge in [-0.05, 0) is 74.2 Å². The summed E-state index contributed by atoms with van der Waals surface area (Å²) in [5, 5.41) is 8.64. The zero-order chi connectivity index (χ0) is 21.1. The second kappa shape index (κ2) is 8.92. The van der Waals surface area contributed by atoms with Crippen LogP contribution in [0.1, 0.15) is 36.0 Å². The predicted molar refractivity (Wildman–Crippen MR) is 125 cm³/mol.